The number of H-pyrrole nitrogens is 1. The van der Waals surface area contributed by atoms with E-state index in [0.29, 0.717) is 0 Å². The Labute approximate surface area is 89.5 Å². The molecular weight excluding hydrogens is 211 g/mol. The molecule has 0 saturated heterocycles. The van der Waals surface area contributed by atoms with Crippen molar-refractivity contribution in [2.45, 2.75) is 0 Å². The van der Waals surface area contributed by atoms with Gasteiger partial charge in [-0.3, -0.25) is 0 Å². The lowest BCUT2D eigenvalue weighted by Crippen LogP contribution is -1.71. The third kappa shape index (κ3) is 1.43. The molecule has 0 bridgehead atoms. The van der Waals surface area contributed by atoms with E-state index in [-0.39, 0.29) is 5.82 Å². The highest BCUT2D eigenvalue weighted by Gasteiger charge is 2.04. The molecule has 2 heterocycles. The summed E-state index contributed by atoms with van der Waals surface area (Å²) < 4.78 is 17.0. The van der Waals surface area contributed by atoms with Crippen LogP contribution in [0.2, 0.25) is 0 Å². The molecule has 15 heavy (non-hydrogen) atoms. The molecule has 0 amide bonds. The molecule has 0 aliphatic carbocycles. The third-order valence-electron chi connectivity index (χ3n) is 2.29. The molecule has 1 N–H and O–H groups in total. The zero-order valence-corrected chi connectivity index (χ0v) is 8.51. The monoisotopic (exact) mass is 218 g/mol. The van der Waals surface area contributed by atoms with E-state index in [1.54, 1.807) is 12.3 Å². The zero-order valence-electron chi connectivity index (χ0n) is 7.70. The molecule has 0 fully saturated rings. The number of fused-ring (bicyclic) bond motifs is 1. The van der Waals surface area contributed by atoms with Crippen LogP contribution in [0.25, 0.3) is 21.5 Å². The first-order valence-electron chi connectivity index (χ1n) is 4.52. The highest BCUT2D eigenvalue weighted by atomic mass is 32.1. The lowest BCUT2D eigenvalue weighted by molar-refractivity contribution is 0.630. The fourth-order valence-electron chi connectivity index (χ4n) is 1.59. The van der Waals surface area contributed by atoms with Crippen molar-refractivity contribution in [1.29, 1.82) is 0 Å². The van der Waals surface area contributed by atoms with Crippen molar-refractivity contribution in [3.8, 4) is 10.6 Å². The van der Waals surface area contributed by atoms with Gasteiger partial charge in [-0.15, -0.1) is 0 Å². The molecule has 74 valence electrons. The average molecular weight is 218 g/mol. The van der Waals surface area contributed by atoms with Crippen LogP contribution in [0.5, 0.6) is 0 Å². The molecular formula is C11H7FN2S. The Bertz CT molecular complexity index is 598. The molecule has 3 aromatic rings. The van der Waals surface area contributed by atoms with E-state index in [1.165, 1.54) is 23.7 Å². The lowest BCUT2D eigenvalue weighted by atomic mass is 10.2. The number of nitrogens with zero attached hydrogens (tertiary/aromatic N) is 1. The second kappa shape index (κ2) is 3.17. The number of benzene rings is 1. The number of hydrogen-bond donors (Lipinski definition) is 1. The predicted octanol–water partition coefficient (Wildman–Crippen LogP) is 3.43. The molecule has 0 aliphatic rings. The van der Waals surface area contributed by atoms with Crippen LogP contribution < -0.4 is 0 Å². The van der Waals surface area contributed by atoms with Gasteiger partial charge in [0.25, 0.3) is 0 Å². The Morgan fingerprint density at radius 1 is 1.20 bits per heavy atom. The molecule has 3 rings (SSSR count). The molecule has 0 saturated carbocycles. The largest absolute Gasteiger partial charge is 0.354 e. The number of halogens is 1. The van der Waals surface area contributed by atoms with Gasteiger partial charge in [0.1, 0.15) is 5.82 Å². The Balaban J connectivity index is 2.22. The molecule has 2 nitrogen and oxygen atoms in total. The summed E-state index contributed by atoms with van der Waals surface area (Å²) in [6, 6.07) is 8.60. The van der Waals surface area contributed by atoms with Crippen LogP contribution in [0.15, 0.2) is 36.5 Å². The average Bonchev–Trinajstić information content (AvgIpc) is 2.84. The van der Waals surface area contributed by atoms with Gasteiger partial charge >= 0.3 is 0 Å². The van der Waals surface area contributed by atoms with Crippen LogP contribution in [0.3, 0.4) is 0 Å². The standard InChI is InChI=1S/C11H7FN2S/c12-8-1-2-9-7(5-8)6-10(14-9)11-3-4-13-15-11/h1-6,14H. The van der Waals surface area contributed by atoms with Crippen LogP contribution >= 0.6 is 11.5 Å². The van der Waals surface area contributed by atoms with Gasteiger partial charge in [-0.05, 0) is 41.9 Å². The van der Waals surface area contributed by atoms with Gasteiger partial charge in [0.2, 0.25) is 0 Å². The van der Waals surface area contributed by atoms with Crippen LogP contribution in [-0.2, 0) is 0 Å². The first kappa shape index (κ1) is 8.61. The molecule has 0 unspecified atom stereocenters. The summed E-state index contributed by atoms with van der Waals surface area (Å²) in [7, 11) is 0. The van der Waals surface area contributed by atoms with E-state index in [0.717, 1.165) is 21.5 Å². The molecule has 0 spiro atoms. The van der Waals surface area contributed by atoms with E-state index in [4.69, 9.17) is 0 Å². The minimum atomic E-state index is -0.211. The van der Waals surface area contributed by atoms with Crippen LogP contribution in [0.1, 0.15) is 0 Å². The van der Waals surface area contributed by atoms with Crippen molar-refractivity contribution in [1.82, 2.24) is 9.36 Å². The number of nitrogens with one attached hydrogen (secondary N) is 1. The SMILES string of the molecule is Fc1ccc2[nH]c(-c3ccns3)cc2c1. The third-order valence-corrected chi connectivity index (χ3v) is 3.07. The quantitative estimate of drug-likeness (QED) is 0.666. The zero-order chi connectivity index (χ0) is 10.3. The van der Waals surface area contributed by atoms with Gasteiger partial charge in [-0.1, -0.05) is 0 Å². The highest BCUT2D eigenvalue weighted by molar-refractivity contribution is 7.09. The van der Waals surface area contributed by atoms with Crippen molar-refractivity contribution >= 4 is 22.4 Å². The second-order valence-electron chi connectivity index (χ2n) is 3.29. The van der Waals surface area contributed by atoms with E-state index >= 15 is 0 Å². The number of aromatic amines is 1. The second-order valence-corrected chi connectivity index (χ2v) is 4.12. The minimum absolute atomic E-state index is 0.211. The maximum atomic E-state index is 13.0. The van der Waals surface area contributed by atoms with Gasteiger partial charge in [0.05, 0.1) is 10.6 Å². The Morgan fingerprint density at radius 3 is 2.93 bits per heavy atom. The molecule has 0 atom stereocenters. The fraction of sp³-hybridized carbons (Fsp3) is 0. The first-order valence-corrected chi connectivity index (χ1v) is 5.29. The van der Waals surface area contributed by atoms with E-state index < -0.39 is 0 Å². The van der Waals surface area contributed by atoms with Gasteiger partial charge in [-0.25, -0.2) is 8.76 Å². The Morgan fingerprint density at radius 2 is 2.13 bits per heavy atom. The smallest absolute Gasteiger partial charge is 0.123 e. The Kier molecular flexibility index (Phi) is 1.82. The van der Waals surface area contributed by atoms with Gasteiger partial charge in [0.15, 0.2) is 0 Å². The van der Waals surface area contributed by atoms with Gasteiger partial charge < -0.3 is 4.98 Å². The van der Waals surface area contributed by atoms with Crippen molar-refractivity contribution < 1.29 is 4.39 Å². The Hall–Kier alpha value is -1.68. The summed E-state index contributed by atoms with van der Waals surface area (Å²) in [6.07, 6.45) is 1.76. The van der Waals surface area contributed by atoms with Crippen LogP contribution in [-0.4, -0.2) is 9.36 Å². The summed E-state index contributed by atoms with van der Waals surface area (Å²) in [5.74, 6) is -0.211. The number of aromatic nitrogens is 2. The summed E-state index contributed by atoms with van der Waals surface area (Å²) in [5.41, 5.74) is 1.93. The lowest BCUT2D eigenvalue weighted by Gasteiger charge is -1.88. The fourth-order valence-corrected chi connectivity index (χ4v) is 2.16. The molecule has 1 aromatic carbocycles. The molecule has 4 heteroatoms. The summed E-state index contributed by atoms with van der Waals surface area (Å²) in [4.78, 5) is 4.29. The van der Waals surface area contributed by atoms with Crippen molar-refractivity contribution in [3.05, 3.63) is 42.3 Å². The first-order chi connectivity index (χ1) is 7.33. The normalized spacial score (nSPS) is 11.0. The molecule has 2 aromatic heterocycles. The van der Waals surface area contributed by atoms with E-state index in [2.05, 4.69) is 9.36 Å². The summed E-state index contributed by atoms with van der Waals surface area (Å²) >= 11 is 1.42. The molecule has 0 radical (unpaired) electrons. The van der Waals surface area contributed by atoms with Crippen molar-refractivity contribution in [2.75, 3.05) is 0 Å². The number of rotatable bonds is 1. The minimum Gasteiger partial charge on any atom is -0.354 e. The number of hydrogen-bond acceptors (Lipinski definition) is 2. The summed E-state index contributed by atoms with van der Waals surface area (Å²) in [6.45, 7) is 0. The van der Waals surface area contributed by atoms with Gasteiger partial charge in [-0.2, -0.15) is 0 Å². The van der Waals surface area contributed by atoms with Crippen LogP contribution in [0, 0.1) is 5.82 Å². The maximum Gasteiger partial charge on any atom is 0.123 e. The van der Waals surface area contributed by atoms with Crippen molar-refractivity contribution in [2.24, 2.45) is 0 Å². The summed E-state index contributed by atoms with van der Waals surface area (Å²) in [5, 5.41) is 0.887. The maximum absolute atomic E-state index is 13.0. The van der Waals surface area contributed by atoms with E-state index in [9.17, 15) is 4.39 Å². The highest BCUT2D eigenvalue weighted by Crippen LogP contribution is 2.26. The van der Waals surface area contributed by atoms with Crippen LogP contribution in [0.4, 0.5) is 4.39 Å². The molecule has 0 aliphatic heterocycles. The van der Waals surface area contributed by atoms with Gasteiger partial charge in [0, 0.05) is 17.1 Å². The van der Waals surface area contributed by atoms with E-state index in [1.807, 2.05) is 12.1 Å². The predicted molar refractivity (Wildman–Crippen MR) is 59.4 cm³/mol. The topological polar surface area (TPSA) is 28.7 Å². The van der Waals surface area contributed by atoms with Crippen molar-refractivity contribution in [3.63, 3.8) is 0 Å².